The largest absolute Gasteiger partial charge is 0.340 e. The van der Waals surface area contributed by atoms with E-state index in [4.69, 9.17) is 6.42 Å². The smallest absolute Gasteiger partial charge is 0.213 e. The molecule has 1 N–H and O–H groups in total. The number of hydrogen-bond donors (Lipinski definition) is 1. The Morgan fingerprint density at radius 1 is 1.15 bits per heavy atom. The van der Waals surface area contributed by atoms with Gasteiger partial charge >= 0.3 is 0 Å². The van der Waals surface area contributed by atoms with E-state index in [1.165, 1.54) is 18.6 Å². The number of terminal acetylenes is 1. The van der Waals surface area contributed by atoms with Crippen LogP contribution in [0.1, 0.15) is 5.56 Å². The third kappa shape index (κ3) is 2.27. The lowest BCUT2D eigenvalue weighted by atomic mass is 10.2. The molecule has 0 aliphatic carbocycles. The van der Waals surface area contributed by atoms with E-state index in [0.29, 0.717) is 16.7 Å². The quantitative estimate of drug-likeness (QED) is 0.571. The van der Waals surface area contributed by atoms with Gasteiger partial charge in [-0.05, 0) is 18.2 Å². The summed E-state index contributed by atoms with van der Waals surface area (Å²) >= 11 is 0. The van der Waals surface area contributed by atoms with Crippen molar-refractivity contribution in [3.8, 4) is 12.3 Å². The first-order chi connectivity index (χ1) is 9.76. The van der Waals surface area contributed by atoms with Crippen molar-refractivity contribution in [3.05, 3.63) is 54.4 Å². The second-order valence-electron chi connectivity index (χ2n) is 4.10. The molecule has 2 aromatic heterocycles. The van der Waals surface area contributed by atoms with Gasteiger partial charge in [0.2, 0.25) is 5.95 Å². The second-order valence-corrected chi connectivity index (χ2v) is 4.10. The Kier molecular flexibility index (Phi) is 2.98. The van der Waals surface area contributed by atoms with Gasteiger partial charge in [0.15, 0.2) is 0 Å². The zero-order valence-electron chi connectivity index (χ0n) is 10.3. The van der Waals surface area contributed by atoms with Crippen LogP contribution in [0.5, 0.6) is 0 Å². The zero-order chi connectivity index (χ0) is 13.9. The minimum Gasteiger partial charge on any atom is -0.340 e. The molecule has 0 spiro atoms. The standard InChI is InChI=1S/C15H9FN4/c1-2-10-4-3-5-11(6-10)20-15-12-7-14(16)17-8-13(12)18-9-19-15/h1,3-9H,(H,18,19,20). The van der Waals surface area contributed by atoms with E-state index in [1.54, 1.807) is 0 Å². The van der Waals surface area contributed by atoms with Gasteiger partial charge in [-0.25, -0.2) is 15.0 Å². The van der Waals surface area contributed by atoms with E-state index in [0.717, 1.165) is 11.3 Å². The van der Waals surface area contributed by atoms with Crippen molar-refractivity contribution in [2.75, 3.05) is 5.32 Å². The molecule has 0 saturated carbocycles. The number of anilines is 2. The van der Waals surface area contributed by atoms with Crippen LogP contribution in [0.2, 0.25) is 0 Å². The highest BCUT2D eigenvalue weighted by molar-refractivity contribution is 5.89. The SMILES string of the molecule is C#Cc1cccc(Nc2ncnc3cnc(F)cc23)c1. The molecule has 0 atom stereocenters. The van der Waals surface area contributed by atoms with Gasteiger partial charge in [0.25, 0.3) is 0 Å². The van der Waals surface area contributed by atoms with E-state index < -0.39 is 5.95 Å². The van der Waals surface area contributed by atoms with Crippen molar-refractivity contribution in [3.63, 3.8) is 0 Å². The van der Waals surface area contributed by atoms with Gasteiger partial charge in [-0.1, -0.05) is 12.0 Å². The summed E-state index contributed by atoms with van der Waals surface area (Å²) < 4.78 is 13.3. The van der Waals surface area contributed by atoms with Crippen LogP contribution in [-0.4, -0.2) is 15.0 Å². The van der Waals surface area contributed by atoms with Crippen molar-refractivity contribution >= 4 is 22.4 Å². The van der Waals surface area contributed by atoms with Gasteiger partial charge in [0.1, 0.15) is 12.1 Å². The van der Waals surface area contributed by atoms with Crippen molar-refractivity contribution in [1.82, 2.24) is 15.0 Å². The summed E-state index contributed by atoms with van der Waals surface area (Å²) in [6.07, 6.45) is 8.13. The normalized spacial score (nSPS) is 10.2. The molecule has 3 aromatic rings. The van der Waals surface area contributed by atoms with Crippen molar-refractivity contribution in [1.29, 1.82) is 0 Å². The maximum absolute atomic E-state index is 13.3. The van der Waals surface area contributed by atoms with E-state index in [1.807, 2.05) is 24.3 Å². The first kappa shape index (κ1) is 12.1. The number of halogens is 1. The summed E-state index contributed by atoms with van der Waals surface area (Å²) in [5.41, 5.74) is 2.09. The van der Waals surface area contributed by atoms with Crippen molar-refractivity contribution in [2.45, 2.75) is 0 Å². The second kappa shape index (κ2) is 4.94. The van der Waals surface area contributed by atoms with Crippen LogP contribution in [0.15, 0.2) is 42.9 Å². The maximum atomic E-state index is 13.3. The van der Waals surface area contributed by atoms with Crippen LogP contribution < -0.4 is 5.32 Å². The van der Waals surface area contributed by atoms with Crippen molar-refractivity contribution in [2.24, 2.45) is 0 Å². The Morgan fingerprint density at radius 2 is 2.05 bits per heavy atom. The highest BCUT2D eigenvalue weighted by atomic mass is 19.1. The third-order valence-corrected chi connectivity index (χ3v) is 2.78. The fourth-order valence-corrected chi connectivity index (χ4v) is 1.86. The summed E-state index contributed by atoms with van der Waals surface area (Å²) in [5.74, 6) is 2.49. The number of nitrogens with one attached hydrogen (secondary N) is 1. The molecule has 0 fully saturated rings. The molecule has 2 heterocycles. The average molecular weight is 264 g/mol. The molecule has 5 heteroatoms. The number of benzene rings is 1. The summed E-state index contributed by atoms with van der Waals surface area (Å²) in [6, 6.07) is 8.62. The molecule has 3 rings (SSSR count). The number of nitrogens with zero attached hydrogens (tertiary/aromatic N) is 3. The van der Waals surface area contributed by atoms with E-state index in [9.17, 15) is 4.39 Å². The Balaban J connectivity index is 2.06. The molecule has 0 saturated heterocycles. The molecular formula is C15H9FN4. The van der Waals surface area contributed by atoms with E-state index in [-0.39, 0.29) is 0 Å². The summed E-state index contributed by atoms with van der Waals surface area (Å²) in [5, 5.41) is 3.67. The summed E-state index contributed by atoms with van der Waals surface area (Å²) in [4.78, 5) is 11.7. The van der Waals surface area contributed by atoms with Crippen molar-refractivity contribution < 1.29 is 4.39 Å². The molecular weight excluding hydrogens is 255 g/mol. The van der Waals surface area contributed by atoms with Gasteiger partial charge < -0.3 is 5.32 Å². The lowest BCUT2D eigenvalue weighted by Crippen LogP contribution is -1.97. The minimum atomic E-state index is -0.576. The van der Waals surface area contributed by atoms with Crippen LogP contribution >= 0.6 is 0 Å². The van der Waals surface area contributed by atoms with Gasteiger partial charge in [-0.2, -0.15) is 4.39 Å². The average Bonchev–Trinajstić information content (AvgIpc) is 2.48. The Labute approximate surface area is 114 Å². The highest BCUT2D eigenvalue weighted by Crippen LogP contribution is 2.23. The molecule has 0 aliphatic heterocycles. The predicted molar refractivity (Wildman–Crippen MR) is 75.0 cm³/mol. The number of pyridine rings is 1. The highest BCUT2D eigenvalue weighted by Gasteiger charge is 2.06. The number of hydrogen-bond acceptors (Lipinski definition) is 4. The summed E-state index contributed by atoms with van der Waals surface area (Å²) in [7, 11) is 0. The lowest BCUT2D eigenvalue weighted by Gasteiger charge is -2.08. The van der Waals surface area contributed by atoms with Crippen LogP contribution in [0.3, 0.4) is 0 Å². The topological polar surface area (TPSA) is 50.7 Å². The number of fused-ring (bicyclic) bond motifs is 1. The van der Waals surface area contributed by atoms with E-state index >= 15 is 0 Å². The van der Waals surface area contributed by atoms with Crippen LogP contribution in [0.4, 0.5) is 15.9 Å². The lowest BCUT2D eigenvalue weighted by molar-refractivity contribution is 0.586. The predicted octanol–water partition coefficient (Wildman–Crippen LogP) is 2.89. The Hall–Kier alpha value is -3.00. The number of aromatic nitrogens is 3. The molecule has 96 valence electrons. The molecule has 4 nitrogen and oxygen atoms in total. The van der Waals surface area contributed by atoms with Crippen LogP contribution in [0.25, 0.3) is 10.9 Å². The monoisotopic (exact) mass is 264 g/mol. The minimum absolute atomic E-state index is 0.505. The Morgan fingerprint density at radius 3 is 2.90 bits per heavy atom. The zero-order valence-corrected chi connectivity index (χ0v) is 10.3. The molecule has 0 unspecified atom stereocenters. The molecule has 0 bridgehead atoms. The fourth-order valence-electron chi connectivity index (χ4n) is 1.86. The first-order valence-corrected chi connectivity index (χ1v) is 5.86. The van der Waals surface area contributed by atoms with Crippen LogP contribution in [0, 0.1) is 18.3 Å². The summed E-state index contributed by atoms with van der Waals surface area (Å²) in [6.45, 7) is 0. The Bertz CT molecular complexity index is 823. The van der Waals surface area contributed by atoms with Gasteiger partial charge in [-0.3, -0.25) is 0 Å². The maximum Gasteiger partial charge on any atom is 0.213 e. The molecule has 0 radical (unpaired) electrons. The number of rotatable bonds is 2. The van der Waals surface area contributed by atoms with Crippen LogP contribution in [-0.2, 0) is 0 Å². The first-order valence-electron chi connectivity index (χ1n) is 5.86. The van der Waals surface area contributed by atoms with Gasteiger partial charge in [-0.15, -0.1) is 6.42 Å². The van der Waals surface area contributed by atoms with Gasteiger partial charge in [0.05, 0.1) is 11.7 Å². The molecule has 0 amide bonds. The fraction of sp³-hybridized carbons (Fsp3) is 0. The third-order valence-electron chi connectivity index (χ3n) is 2.78. The molecule has 0 aliphatic rings. The van der Waals surface area contributed by atoms with Gasteiger partial charge in [0, 0.05) is 22.7 Å². The van der Waals surface area contributed by atoms with E-state index in [2.05, 4.69) is 26.2 Å². The molecule has 1 aromatic carbocycles. The molecule has 20 heavy (non-hydrogen) atoms.